The molecule has 0 bridgehead atoms. The van der Waals surface area contributed by atoms with Gasteiger partial charge in [0.2, 0.25) is 5.91 Å². The number of aryl methyl sites for hydroxylation is 1. The molecule has 0 radical (unpaired) electrons. The van der Waals surface area contributed by atoms with Crippen molar-refractivity contribution < 1.29 is 13.6 Å². The first-order valence-corrected chi connectivity index (χ1v) is 7.87. The molecule has 24 heavy (non-hydrogen) atoms. The van der Waals surface area contributed by atoms with Gasteiger partial charge in [0.15, 0.2) is 5.82 Å². The molecule has 1 N–H and O–H groups in total. The Hall–Kier alpha value is -2.28. The van der Waals surface area contributed by atoms with Crippen LogP contribution in [0.1, 0.15) is 23.9 Å². The van der Waals surface area contributed by atoms with E-state index >= 15 is 0 Å². The summed E-state index contributed by atoms with van der Waals surface area (Å²) >= 11 is 0. The van der Waals surface area contributed by atoms with Gasteiger partial charge in [0.25, 0.3) is 0 Å². The summed E-state index contributed by atoms with van der Waals surface area (Å²) in [6, 6.07) is 3.54. The van der Waals surface area contributed by atoms with Gasteiger partial charge in [-0.2, -0.15) is 5.10 Å². The summed E-state index contributed by atoms with van der Waals surface area (Å²) in [4.78, 5) is 13.7. The number of piperazine rings is 1. The van der Waals surface area contributed by atoms with Crippen LogP contribution in [-0.4, -0.2) is 39.7 Å². The zero-order chi connectivity index (χ0) is 17.4. The molecule has 1 aliphatic rings. The summed E-state index contributed by atoms with van der Waals surface area (Å²) in [6.07, 6.45) is 0. The van der Waals surface area contributed by atoms with Crippen molar-refractivity contribution in [2.24, 2.45) is 0 Å². The fraction of sp³-hybridized carbons (Fsp3) is 0.412. The lowest BCUT2D eigenvalue weighted by atomic mass is 10.1. The fourth-order valence-electron chi connectivity index (χ4n) is 3.16. The van der Waals surface area contributed by atoms with E-state index in [4.69, 9.17) is 0 Å². The van der Waals surface area contributed by atoms with Crippen LogP contribution in [0.3, 0.4) is 0 Å². The van der Waals surface area contributed by atoms with Crippen LogP contribution in [0.4, 0.5) is 8.78 Å². The maximum Gasteiger partial charge on any atom is 0.234 e. The third-order valence-electron chi connectivity index (χ3n) is 4.27. The topological polar surface area (TPSA) is 50.2 Å². The molecule has 5 nitrogen and oxygen atoms in total. The lowest BCUT2D eigenvalue weighted by Crippen LogP contribution is -2.52. The molecule has 7 heteroatoms. The second kappa shape index (κ2) is 6.32. The minimum Gasteiger partial charge on any atom is -0.351 e. The molecule has 1 fully saturated rings. The first kappa shape index (κ1) is 16.6. The van der Waals surface area contributed by atoms with Crippen LogP contribution in [0, 0.1) is 25.5 Å². The zero-order valence-electron chi connectivity index (χ0n) is 13.9. The molecule has 0 aliphatic carbocycles. The lowest BCUT2D eigenvalue weighted by Gasteiger charge is -2.31. The quantitative estimate of drug-likeness (QED) is 0.935. The van der Waals surface area contributed by atoms with E-state index in [0.717, 1.165) is 29.6 Å². The number of halogens is 2. The number of benzene rings is 1. The molecule has 1 atom stereocenters. The van der Waals surface area contributed by atoms with E-state index in [0.29, 0.717) is 13.1 Å². The minimum absolute atomic E-state index is 0.000951. The van der Waals surface area contributed by atoms with Crippen molar-refractivity contribution in [2.75, 3.05) is 13.1 Å². The predicted octanol–water partition coefficient (Wildman–Crippen LogP) is 2.09. The normalized spacial score (nSPS) is 18.7. The Labute approximate surface area is 139 Å². The largest absolute Gasteiger partial charge is 0.351 e. The van der Waals surface area contributed by atoms with Crippen LogP contribution >= 0.6 is 0 Å². The smallest absolute Gasteiger partial charge is 0.234 e. The van der Waals surface area contributed by atoms with Crippen LogP contribution in [0.5, 0.6) is 0 Å². The molecule has 1 aliphatic heterocycles. The van der Waals surface area contributed by atoms with Gasteiger partial charge in [-0.05, 0) is 32.9 Å². The van der Waals surface area contributed by atoms with Crippen molar-refractivity contribution in [1.82, 2.24) is 20.0 Å². The Bertz CT molecular complexity index is 787. The number of hydrogen-bond donors (Lipinski definition) is 1. The van der Waals surface area contributed by atoms with Gasteiger partial charge in [-0.25, -0.2) is 13.5 Å². The Kier molecular flexibility index (Phi) is 4.36. The van der Waals surface area contributed by atoms with Crippen LogP contribution in [0.15, 0.2) is 18.2 Å². The van der Waals surface area contributed by atoms with Gasteiger partial charge in [-0.1, -0.05) is 0 Å². The molecular weight excluding hydrogens is 314 g/mol. The molecule has 2 heterocycles. The van der Waals surface area contributed by atoms with Crippen LogP contribution in [0.2, 0.25) is 0 Å². The Morgan fingerprint density at radius 1 is 1.33 bits per heavy atom. The molecule has 1 aromatic carbocycles. The molecule has 1 amide bonds. The number of nitrogens with zero attached hydrogens (tertiary/aromatic N) is 3. The average Bonchev–Trinajstić information content (AvgIpc) is 2.74. The zero-order valence-corrected chi connectivity index (χ0v) is 13.9. The second-order valence-electron chi connectivity index (χ2n) is 6.30. The number of nitrogens with one attached hydrogen (secondary N) is 1. The third-order valence-corrected chi connectivity index (χ3v) is 4.27. The molecule has 128 valence electrons. The molecule has 1 aromatic heterocycles. The van der Waals surface area contributed by atoms with Gasteiger partial charge >= 0.3 is 0 Å². The predicted molar refractivity (Wildman–Crippen MR) is 85.8 cm³/mol. The number of aromatic nitrogens is 2. The highest BCUT2D eigenvalue weighted by atomic mass is 19.1. The van der Waals surface area contributed by atoms with Gasteiger partial charge < -0.3 is 5.32 Å². The number of rotatable bonds is 3. The van der Waals surface area contributed by atoms with E-state index in [2.05, 4.69) is 10.4 Å². The maximum atomic E-state index is 14.1. The second-order valence-corrected chi connectivity index (χ2v) is 6.30. The highest BCUT2D eigenvalue weighted by molar-refractivity contribution is 5.79. The molecule has 3 rings (SSSR count). The molecule has 2 aromatic rings. The van der Waals surface area contributed by atoms with Crippen molar-refractivity contribution in [3.63, 3.8) is 0 Å². The summed E-state index contributed by atoms with van der Waals surface area (Å²) in [7, 11) is 0. The fourth-order valence-corrected chi connectivity index (χ4v) is 3.16. The van der Waals surface area contributed by atoms with Crippen molar-refractivity contribution in [1.29, 1.82) is 0 Å². The van der Waals surface area contributed by atoms with Crippen LogP contribution in [0.25, 0.3) is 5.69 Å². The Morgan fingerprint density at radius 2 is 2.08 bits per heavy atom. The Morgan fingerprint density at radius 3 is 2.75 bits per heavy atom. The van der Waals surface area contributed by atoms with Crippen molar-refractivity contribution in [2.45, 2.75) is 33.4 Å². The number of carbonyl (C=O) groups is 1. The molecular formula is C17H20F2N4O. The molecule has 0 saturated carbocycles. The van der Waals surface area contributed by atoms with Gasteiger partial charge in [0, 0.05) is 36.5 Å². The van der Waals surface area contributed by atoms with Crippen molar-refractivity contribution >= 4 is 5.91 Å². The van der Waals surface area contributed by atoms with Gasteiger partial charge in [-0.3, -0.25) is 9.69 Å². The van der Waals surface area contributed by atoms with E-state index in [1.807, 2.05) is 25.7 Å². The standard InChI is InChI=1S/C17H20F2N4O/c1-10-7-22(9-17(24)20-10)8-14-11(2)21-23(12(14)3)16-5-4-13(18)6-15(16)19/h4-6,10H,7-9H2,1-3H3,(H,20,24). The van der Waals surface area contributed by atoms with E-state index in [1.165, 1.54) is 16.8 Å². The monoisotopic (exact) mass is 334 g/mol. The van der Waals surface area contributed by atoms with E-state index < -0.39 is 11.6 Å². The highest BCUT2D eigenvalue weighted by Gasteiger charge is 2.24. The number of carbonyl (C=O) groups excluding carboxylic acids is 1. The van der Waals surface area contributed by atoms with Crippen LogP contribution in [-0.2, 0) is 11.3 Å². The third kappa shape index (κ3) is 3.17. The maximum absolute atomic E-state index is 14.1. The van der Waals surface area contributed by atoms with Crippen molar-refractivity contribution in [3.05, 3.63) is 46.8 Å². The lowest BCUT2D eigenvalue weighted by molar-refractivity contribution is -0.125. The SMILES string of the molecule is Cc1nn(-c2ccc(F)cc2F)c(C)c1CN1CC(=O)NC(C)C1. The van der Waals surface area contributed by atoms with E-state index in [9.17, 15) is 13.6 Å². The summed E-state index contributed by atoms with van der Waals surface area (Å²) in [5.41, 5.74) is 2.74. The first-order valence-electron chi connectivity index (χ1n) is 7.87. The summed E-state index contributed by atoms with van der Waals surface area (Å²) in [5, 5.41) is 7.28. The molecule has 1 saturated heterocycles. The van der Waals surface area contributed by atoms with E-state index in [1.54, 1.807) is 0 Å². The Balaban J connectivity index is 1.91. The van der Waals surface area contributed by atoms with Crippen LogP contribution < -0.4 is 5.32 Å². The summed E-state index contributed by atoms with van der Waals surface area (Å²) in [5.74, 6) is -1.27. The van der Waals surface area contributed by atoms with E-state index in [-0.39, 0.29) is 17.6 Å². The average molecular weight is 334 g/mol. The van der Waals surface area contributed by atoms with Gasteiger partial charge in [-0.15, -0.1) is 0 Å². The summed E-state index contributed by atoms with van der Waals surface area (Å²) < 4.78 is 28.7. The summed E-state index contributed by atoms with van der Waals surface area (Å²) in [6.45, 7) is 7.32. The first-order chi connectivity index (χ1) is 11.3. The molecule has 1 unspecified atom stereocenters. The minimum atomic E-state index is -0.655. The number of hydrogen-bond acceptors (Lipinski definition) is 3. The molecule has 0 spiro atoms. The van der Waals surface area contributed by atoms with Crippen molar-refractivity contribution in [3.8, 4) is 5.69 Å². The van der Waals surface area contributed by atoms with Gasteiger partial charge in [0.1, 0.15) is 11.5 Å². The number of amides is 1. The van der Waals surface area contributed by atoms with Gasteiger partial charge in [0.05, 0.1) is 12.2 Å². The highest BCUT2D eigenvalue weighted by Crippen LogP contribution is 2.22.